The number of nitro groups is 1. The molecule has 4 rings (SSSR count). The van der Waals surface area contributed by atoms with Crippen molar-refractivity contribution >= 4 is 17.2 Å². The molecule has 0 spiro atoms. The Kier molecular flexibility index (Phi) is 5.19. The fourth-order valence-electron chi connectivity index (χ4n) is 3.73. The maximum Gasteiger partial charge on any atom is 0.270 e. The van der Waals surface area contributed by atoms with Crippen LogP contribution in [0.2, 0.25) is 0 Å². The number of morpholine rings is 1. The van der Waals surface area contributed by atoms with E-state index in [0.29, 0.717) is 54.6 Å². The Bertz CT molecular complexity index is 1320. The van der Waals surface area contributed by atoms with Gasteiger partial charge in [0.15, 0.2) is 5.65 Å². The molecule has 3 heterocycles. The molecule has 1 aromatic carbocycles. The van der Waals surface area contributed by atoms with E-state index in [0.717, 1.165) is 0 Å². The van der Waals surface area contributed by atoms with Gasteiger partial charge in [0.1, 0.15) is 23.5 Å². The van der Waals surface area contributed by atoms with Crippen LogP contribution >= 0.6 is 0 Å². The smallest absolute Gasteiger partial charge is 0.270 e. The van der Waals surface area contributed by atoms with Crippen molar-refractivity contribution in [2.45, 2.75) is 6.42 Å². The van der Waals surface area contributed by atoms with Crippen molar-refractivity contribution in [2.75, 3.05) is 31.2 Å². The maximum absolute atomic E-state index is 11.2. The van der Waals surface area contributed by atoms with E-state index in [9.17, 15) is 25.9 Å². The highest BCUT2D eigenvalue weighted by molar-refractivity contribution is 5.76. The Morgan fingerprint density at radius 1 is 1.16 bits per heavy atom. The molecule has 0 bridgehead atoms. The van der Waals surface area contributed by atoms with Gasteiger partial charge in [-0.1, -0.05) is 12.1 Å². The van der Waals surface area contributed by atoms with Crippen molar-refractivity contribution in [3.05, 3.63) is 57.3 Å². The van der Waals surface area contributed by atoms with Crippen LogP contribution < -0.4 is 4.90 Å². The van der Waals surface area contributed by atoms with Crippen LogP contribution in [0.4, 0.5) is 11.5 Å². The number of imidazole rings is 1. The molecule has 10 heteroatoms. The molecule has 1 aliphatic heterocycles. The standard InChI is InChI=1S/C21H15N7O3/c22-5-4-16-17(11-23)20-25-19(14-2-1-3-15(10-14)28(29)30)13-27(20)21(18(16)12-24)26-6-8-31-9-7-26/h1-3,10,13H,4,6-9H2. The zero-order chi connectivity index (χ0) is 22.0. The lowest BCUT2D eigenvalue weighted by molar-refractivity contribution is -0.384. The van der Waals surface area contributed by atoms with E-state index in [4.69, 9.17) is 4.74 Å². The van der Waals surface area contributed by atoms with Crippen LogP contribution in [-0.2, 0) is 11.2 Å². The second-order valence-corrected chi connectivity index (χ2v) is 6.84. The summed E-state index contributed by atoms with van der Waals surface area (Å²) in [5.41, 5.74) is 1.88. The molecule has 1 fully saturated rings. The first-order valence-electron chi connectivity index (χ1n) is 9.41. The molecular weight excluding hydrogens is 398 g/mol. The van der Waals surface area contributed by atoms with Gasteiger partial charge in [-0.2, -0.15) is 15.8 Å². The zero-order valence-electron chi connectivity index (χ0n) is 16.3. The molecule has 10 nitrogen and oxygen atoms in total. The summed E-state index contributed by atoms with van der Waals surface area (Å²) in [7, 11) is 0. The number of non-ortho nitro benzene ring substituents is 1. The van der Waals surface area contributed by atoms with Crippen LogP contribution in [-0.4, -0.2) is 40.6 Å². The monoisotopic (exact) mass is 413 g/mol. The molecule has 3 aromatic rings. The molecule has 1 aliphatic rings. The average molecular weight is 413 g/mol. The topological polar surface area (TPSA) is 144 Å². The molecular formula is C21H15N7O3. The predicted molar refractivity (Wildman–Crippen MR) is 109 cm³/mol. The number of ether oxygens (including phenoxy) is 1. The van der Waals surface area contributed by atoms with Gasteiger partial charge in [-0.25, -0.2) is 4.98 Å². The zero-order valence-corrected chi connectivity index (χ0v) is 16.3. The summed E-state index contributed by atoms with van der Waals surface area (Å²) in [5.74, 6) is 0.536. The molecule has 31 heavy (non-hydrogen) atoms. The summed E-state index contributed by atoms with van der Waals surface area (Å²) in [5, 5.41) is 40.2. The lowest BCUT2D eigenvalue weighted by Gasteiger charge is -2.30. The molecule has 0 radical (unpaired) electrons. The van der Waals surface area contributed by atoms with Crippen molar-refractivity contribution in [2.24, 2.45) is 0 Å². The van der Waals surface area contributed by atoms with Crippen molar-refractivity contribution in [3.63, 3.8) is 0 Å². The quantitative estimate of drug-likeness (QED) is 0.469. The number of pyridine rings is 1. The lowest BCUT2D eigenvalue weighted by atomic mass is 10.0. The van der Waals surface area contributed by atoms with Gasteiger partial charge in [0.25, 0.3) is 5.69 Å². The highest BCUT2D eigenvalue weighted by Gasteiger charge is 2.26. The largest absolute Gasteiger partial charge is 0.378 e. The summed E-state index contributed by atoms with van der Waals surface area (Å²) in [6.45, 7) is 2.02. The first-order chi connectivity index (χ1) is 15.1. The minimum atomic E-state index is -0.488. The third-order valence-corrected chi connectivity index (χ3v) is 5.13. The Morgan fingerprint density at radius 2 is 1.90 bits per heavy atom. The van der Waals surface area contributed by atoms with Gasteiger partial charge in [0, 0.05) is 42.5 Å². The average Bonchev–Trinajstić information content (AvgIpc) is 3.24. The lowest BCUT2D eigenvalue weighted by Crippen LogP contribution is -2.38. The van der Waals surface area contributed by atoms with Gasteiger partial charge in [-0.05, 0) is 0 Å². The number of hydrogen-bond acceptors (Lipinski definition) is 8. The number of nitrogens with zero attached hydrogens (tertiary/aromatic N) is 7. The van der Waals surface area contributed by atoms with Crippen molar-refractivity contribution in [3.8, 4) is 29.5 Å². The molecule has 2 aromatic heterocycles. The normalized spacial score (nSPS) is 13.4. The number of aromatic nitrogens is 2. The van der Waals surface area contributed by atoms with Crippen LogP contribution in [0.1, 0.15) is 16.7 Å². The van der Waals surface area contributed by atoms with E-state index in [1.54, 1.807) is 22.7 Å². The van der Waals surface area contributed by atoms with E-state index >= 15 is 0 Å². The Labute approximate surface area is 176 Å². The first-order valence-corrected chi connectivity index (χ1v) is 9.41. The van der Waals surface area contributed by atoms with E-state index < -0.39 is 4.92 Å². The highest BCUT2D eigenvalue weighted by Crippen LogP contribution is 2.33. The van der Waals surface area contributed by atoms with E-state index in [1.165, 1.54) is 12.1 Å². The van der Waals surface area contributed by atoms with Crippen molar-refractivity contribution in [1.82, 2.24) is 9.38 Å². The van der Waals surface area contributed by atoms with Crippen LogP contribution in [0.25, 0.3) is 16.9 Å². The van der Waals surface area contributed by atoms with Crippen LogP contribution in [0, 0.1) is 44.1 Å². The Hall–Kier alpha value is -4.46. The third kappa shape index (κ3) is 3.40. The van der Waals surface area contributed by atoms with E-state index in [2.05, 4.69) is 17.1 Å². The van der Waals surface area contributed by atoms with Crippen LogP contribution in [0.3, 0.4) is 0 Å². The second-order valence-electron chi connectivity index (χ2n) is 6.84. The van der Waals surface area contributed by atoms with Gasteiger partial charge in [-0.15, -0.1) is 0 Å². The number of nitro benzene ring substituents is 1. The minimum Gasteiger partial charge on any atom is -0.378 e. The number of nitriles is 3. The fourth-order valence-corrected chi connectivity index (χ4v) is 3.73. The van der Waals surface area contributed by atoms with Crippen molar-refractivity contribution in [1.29, 1.82) is 15.8 Å². The molecule has 1 saturated heterocycles. The predicted octanol–water partition coefficient (Wildman–Crippen LogP) is 2.56. The minimum absolute atomic E-state index is 0.0775. The van der Waals surface area contributed by atoms with Gasteiger partial charge >= 0.3 is 0 Å². The summed E-state index contributed by atoms with van der Waals surface area (Å²) in [6.07, 6.45) is 1.55. The van der Waals surface area contributed by atoms with Gasteiger partial charge in [0.05, 0.1) is 41.9 Å². The number of fused-ring (bicyclic) bond motifs is 1. The SMILES string of the molecule is N#CCc1c(C#N)c(N2CCOCC2)n2cc(-c3cccc([N+](=O)[O-])c3)nc2c1C#N. The van der Waals surface area contributed by atoms with E-state index in [1.807, 2.05) is 11.0 Å². The molecule has 0 unspecified atom stereocenters. The molecule has 0 saturated carbocycles. The van der Waals surface area contributed by atoms with Crippen molar-refractivity contribution < 1.29 is 9.66 Å². The van der Waals surface area contributed by atoms with Gasteiger partial charge in [-0.3, -0.25) is 14.5 Å². The van der Waals surface area contributed by atoms with E-state index in [-0.39, 0.29) is 23.2 Å². The molecule has 0 aliphatic carbocycles. The number of rotatable bonds is 4. The summed E-state index contributed by atoms with van der Waals surface area (Å²) >= 11 is 0. The molecule has 0 N–H and O–H groups in total. The summed E-state index contributed by atoms with van der Waals surface area (Å²) in [6, 6.07) is 12.3. The second kappa shape index (κ2) is 8.11. The maximum atomic E-state index is 11.2. The Morgan fingerprint density at radius 3 is 2.55 bits per heavy atom. The fraction of sp³-hybridized carbons (Fsp3) is 0.238. The van der Waals surface area contributed by atoms with Gasteiger partial charge in [0.2, 0.25) is 0 Å². The Balaban J connectivity index is 2.04. The number of hydrogen-bond donors (Lipinski definition) is 0. The van der Waals surface area contributed by atoms with Crippen LogP contribution in [0.15, 0.2) is 30.5 Å². The summed E-state index contributed by atoms with van der Waals surface area (Å²) < 4.78 is 7.09. The molecule has 0 atom stereocenters. The first kappa shape index (κ1) is 19.8. The van der Waals surface area contributed by atoms with Gasteiger partial charge < -0.3 is 9.64 Å². The highest BCUT2D eigenvalue weighted by atomic mass is 16.6. The number of anilines is 1. The number of benzene rings is 1. The van der Waals surface area contributed by atoms with Crippen LogP contribution in [0.5, 0.6) is 0 Å². The molecule has 0 amide bonds. The molecule has 152 valence electrons. The summed E-state index contributed by atoms with van der Waals surface area (Å²) in [4.78, 5) is 17.2. The third-order valence-electron chi connectivity index (χ3n) is 5.13.